The smallest absolute Gasteiger partial charge is 0.268 e. The number of amides is 2. The fraction of sp³-hybridized carbons (Fsp3) is 0.357. The quantitative estimate of drug-likeness (QED) is 0.423. The monoisotopic (exact) mass is 583 g/mol. The molecule has 10 nitrogen and oxygen atoms in total. The van der Waals surface area contributed by atoms with Crippen LogP contribution in [0.15, 0.2) is 42.6 Å². The highest BCUT2D eigenvalue weighted by Crippen LogP contribution is 2.37. The molecule has 3 heterocycles. The highest BCUT2D eigenvalue weighted by atomic mass is 35.5. The molecule has 3 aromatic rings. The second-order valence-corrected chi connectivity index (χ2v) is 10.8. The van der Waals surface area contributed by atoms with Gasteiger partial charge in [-0.15, -0.1) is 0 Å². The number of hydrogen-bond donors (Lipinski definition) is 2. The van der Waals surface area contributed by atoms with Crippen LogP contribution < -0.4 is 25.2 Å². The molecule has 0 saturated carbocycles. The van der Waals surface area contributed by atoms with Gasteiger partial charge in [-0.05, 0) is 55.8 Å². The van der Waals surface area contributed by atoms with Crippen molar-refractivity contribution in [2.45, 2.75) is 25.3 Å². The van der Waals surface area contributed by atoms with E-state index in [9.17, 15) is 9.59 Å². The molecule has 40 heavy (non-hydrogen) atoms. The predicted molar refractivity (Wildman–Crippen MR) is 157 cm³/mol. The van der Waals surface area contributed by atoms with Crippen molar-refractivity contribution in [1.82, 2.24) is 20.2 Å². The number of fused-ring (bicyclic) bond motifs is 1. The number of benzene rings is 2. The van der Waals surface area contributed by atoms with Crippen molar-refractivity contribution in [2.24, 2.45) is 0 Å². The molecule has 12 heteroatoms. The number of carbonyl (C=O) groups is 2. The molecule has 1 aromatic heterocycles. The van der Waals surface area contributed by atoms with Gasteiger partial charge in [0.1, 0.15) is 5.56 Å². The molecule has 0 bridgehead atoms. The largest absolute Gasteiger partial charge is 0.455 e. The maximum atomic E-state index is 13.2. The highest BCUT2D eigenvalue weighted by Gasteiger charge is 2.31. The molecule has 0 aliphatic carbocycles. The van der Waals surface area contributed by atoms with E-state index in [1.807, 2.05) is 25.2 Å². The molecule has 0 unspecified atom stereocenters. The number of anilines is 4. The van der Waals surface area contributed by atoms with E-state index < -0.39 is 0 Å². The lowest BCUT2D eigenvalue weighted by molar-refractivity contribution is -0.127. The van der Waals surface area contributed by atoms with E-state index in [1.165, 1.54) is 11.1 Å². The van der Waals surface area contributed by atoms with Crippen molar-refractivity contribution >= 4 is 58.0 Å². The zero-order chi connectivity index (χ0) is 28.4. The van der Waals surface area contributed by atoms with E-state index in [0.29, 0.717) is 21.8 Å². The van der Waals surface area contributed by atoms with Gasteiger partial charge in [0.25, 0.3) is 5.91 Å². The Morgan fingerprint density at radius 2 is 1.88 bits per heavy atom. The molecular weight excluding hydrogens is 553 g/mol. The van der Waals surface area contributed by atoms with Gasteiger partial charge in [-0.1, -0.05) is 29.3 Å². The lowest BCUT2D eigenvalue weighted by atomic mass is 10.0. The van der Waals surface area contributed by atoms with Crippen molar-refractivity contribution in [2.75, 3.05) is 56.1 Å². The number of ether oxygens (including phenoxy) is 1. The summed E-state index contributed by atoms with van der Waals surface area (Å²) in [5, 5.41) is 7.23. The van der Waals surface area contributed by atoms with Gasteiger partial charge in [0.2, 0.25) is 17.7 Å². The summed E-state index contributed by atoms with van der Waals surface area (Å²) in [4.78, 5) is 39.9. The predicted octanol–water partition coefficient (Wildman–Crippen LogP) is 4.34. The standard InChI is InChI=1S/C28H31Cl2N7O3/c1-31-18-9-11-36(12-10-18)23-8-7-19(13-17(23)14-24(38)35(2)3)33-28-32-15-20-26(34-28)40-16-37(27(20)39)25-21(29)5-4-6-22(25)30/h4-8,13,15,18,31H,9-12,14,16H2,1-3H3,(H,32,33,34). The van der Waals surface area contributed by atoms with Crippen molar-refractivity contribution < 1.29 is 14.3 Å². The second kappa shape index (κ2) is 11.9. The van der Waals surface area contributed by atoms with E-state index in [4.69, 9.17) is 27.9 Å². The average Bonchev–Trinajstić information content (AvgIpc) is 2.94. The van der Waals surface area contributed by atoms with E-state index in [0.717, 1.165) is 42.9 Å². The minimum absolute atomic E-state index is 0.0173. The Morgan fingerprint density at radius 1 is 1.15 bits per heavy atom. The number of aromatic nitrogens is 2. The molecule has 2 N–H and O–H groups in total. The first-order valence-corrected chi connectivity index (χ1v) is 13.8. The molecule has 0 atom stereocenters. The second-order valence-electron chi connectivity index (χ2n) is 9.97. The van der Waals surface area contributed by atoms with Crippen LogP contribution in [0.2, 0.25) is 10.0 Å². The first-order chi connectivity index (χ1) is 19.2. The zero-order valence-electron chi connectivity index (χ0n) is 22.6. The van der Waals surface area contributed by atoms with E-state index in [-0.39, 0.29) is 42.4 Å². The van der Waals surface area contributed by atoms with E-state index in [1.54, 1.807) is 37.2 Å². The third kappa shape index (κ3) is 5.79. The average molecular weight is 585 g/mol. The van der Waals surface area contributed by atoms with Crippen LogP contribution in [-0.2, 0) is 11.2 Å². The molecule has 210 valence electrons. The van der Waals surface area contributed by atoms with Crippen LogP contribution in [0.3, 0.4) is 0 Å². The summed E-state index contributed by atoms with van der Waals surface area (Å²) in [5.74, 6) is 0.0829. The van der Waals surface area contributed by atoms with Gasteiger partial charge in [0.15, 0.2) is 6.73 Å². The van der Waals surface area contributed by atoms with Crippen LogP contribution in [-0.4, -0.2) is 73.7 Å². The minimum atomic E-state index is -0.362. The minimum Gasteiger partial charge on any atom is -0.455 e. The summed E-state index contributed by atoms with van der Waals surface area (Å²) in [6.07, 6.45) is 3.77. The first-order valence-electron chi connectivity index (χ1n) is 13.0. The fourth-order valence-electron chi connectivity index (χ4n) is 4.90. The van der Waals surface area contributed by atoms with Crippen molar-refractivity contribution in [3.05, 3.63) is 63.8 Å². The van der Waals surface area contributed by atoms with Crippen molar-refractivity contribution in [3.63, 3.8) is 0 Å². The molecule has 2 aliphatic heterocycles. The molecule has 2 aliphatic rings. The summed E-state index contributed by atoms with van der Waals surface area (Å²) in [6.45, 7) is 1.73. The van der Waals surface area contributed by atoms with Crippen LogP contribution >= 0.6 is 23.2 Å². The molecule has 0 radical (unpaired) electrons. The summed E-state index contributed by atoms with van der Waals surface area (Å²) >= 11 is 12.6. The first kappa shape index (κ1) is 27.9. The van der Waals surface area contributed by atoms with Crippen molar-refractivity contribution in [3.8, 4) is 5.88 Å². The Kier molecular flexibility index (Phi) is 8.30. The molecule has 1 fully saturated rings. The maximum Gasteiger partial charge on any atom is 0.268 e. The van der Waals surface area contributed by atoms with E-state index in [2.05, 4.69) is 25.5 Å². The van der Waals surface area contributed by atoms with Crippen LogP contribution in [0.1, 0.15) is 28.8 Å². The lowest BCUT2D eigenvalue weighted by Gasteiger charge is -2.35. The van der Waals surface area contributed by atoms with E-state index >= 15 is 0 Å². The SMILES string of the molecule is CNC1CCN(c2ccc(Nc3ncc4c(n3)OCN(c3c(Cl)cccc3Cl)C4=O)cc2CC(=O)N(C)C)CC1. The van der Waals surface area contributed by atoms with Gasteiger partial charge >= 0.3 is 0 Å². The van der Waals surface area contributed by atoms with Crippen LogP contribution in [0.25, 0.3) is 0 Å². The topological polar surface area (TPSA) is 103 Å². The molecular formula is C28H31Cl2N7O3. The number of hydrogen-bond acceptors (Lipinski definition) is 8. The van der Waals surface area contributed by atoms with Gasteiger partial charge < -0.3 is 25.2 Å². The number of rotatable bonds is 7. The van der Waals surface area contributed by atoms with Crippen LogP contribution in [0.5, 0.6) is 5.88 Å². The van der Waals surface area contributed by atoms with Gasteiger partial charge in [-0.3, -0.25) is 14.5 Å². The third-order valence-corrected chi connectivity index (χ3v) is 7.80. The molecule has 1 saturated heterocycles. The summed E-state index contributed by atoms with van der Waals surface area (Å²) < 4.78 is 5.80. The van der Waals surface area contributed by atoms with Gasteiger partial charge in [0, 0.05) is 50.8 Å². The number of piperidine rings is 1. The zero-order valence-corrected chi connectivity index (χ0v) is 24.1. The number of halogens is 2. The maximum absolute atomic E-state index is 13.2. The van der Waals surface area contributed by atoms with Gasteiger partial charge in [-0.25, -0.2) is 4.98 Å². The number of nitrogens with zero attached hydrogens (tertiary/aromatic N) is 5. The summed E-state index contributed by atoms with van der Waals surface area (Å²) in [5.41, 5.74) is 3.27. The normalized spacial score (nSPS) is 15.5. The Labute approximate surface area is 243 Å². The Balaban J connectivity index is 1.37. The van der Waals surface area contributed by atoms with Crippen LogP contribution in [0.4, 0.5) is 23.0 Å². The Bertz CT molecular complexity index is 1410. The van der Waals surface area contributed by atoms with Crippen LogP contribution in [0, 0.1) is 0 Å². The van der Waals surface area contributed by atoms with Gasteiger partial charge in [0.05, 0.1) is 22.2 Å². The molecule has 0 spiro atoms. The summed E-state index contributed by atoms with van der Waals surface area (Å²) in [7, 11) is 5.51. The molecule has 2 amide bonds. The highest BCUT2D eigenvalue weighted by molar-refractivity contribution is 6.40. The number of carbonyl (C=O) groups excluding carboxylic acids is 2. The molecule has 2 aromatic carbocycles. The Morgan fingerprint density at radius 3 is 2.55 bits per heavy atom. The lowest BCUT2D eigenvalue weighted by Crippen LogP contribution is -2.41. The van der Waals surface area contributed by atoms with Crippen molar-refractivity contribution in [1.29, 1.82) is 0 Å². The molecule has 5 rings (SSSR count). The number of likely N-dealkylation sites (N-methyl/N-ethyl adjacent to an activating group) is 1. The van der Waals surface area contributed by atoms with Gasteiger partial charge in [-0.2, -0.15) is 4.98 Å². The fourth-order valence-corrected chi connectivity index (χ4v) is 5.50. The summed E-state index contributed by atoms with van der Waals surface area (Å²) in [6, 6.07) is 11.5. The number of para-hydroxylation sites is 1. The Hall–Kier alpha value is -3.60. The number of nitrogens with one attached hydrogen (secondary N) is 2. The third-order valence-electron chi connectivity index (χ3n) is 7.19.